The first kappa shape index (κ1) is 14.7. The van der Waals surface area contributed by atoms with E-state index in [9.17, 15) is 4.79 Å². The summed E-state index contributed by atoms with van der Waals surface area (Å²) < 4.78 is 1.82. The molecule has 0 unspecified atom stereocenters. The average molecular weight is 333 g/mol. The van der Waals surface area contributed by atoms with Crippen LogP contribution in [0, 0.1) is 0 Å². The number of benzene rings is 1. The van der Waals surface area contributed by atoms with Crippen LogP contribution in [-0.4, -0.2) is 21.5 Å². The topological polar surface area (TPSA) is 58.8 Å². The Morgan fingerprint density at radius 2 is 2.23 bits per heavy atom. The third-order valence-electron chi connectivity index (χ3n) is 3.23. The molecule has 2 aromatic heterocycles. The van der Waals surface area contributed by atoms with Gasteiger partial charge in [-0.15, -0.1) is 11.3 Å². The minimum Gasteiger partial charge on any atom is -0.288 e. The van der Waals surface area contributed by atoms with E-state index in [4.69, 9.17) is 11.6 Å². The Bertz CT molecular complexity index is 835. The fraction of sp³-hybridized carbons (Fsp3) is 0.133. The predicted molar refractivity (Wildman–Crippen MR) is 89.0 cm³/mol. The minimum atomic E-state index is -0.263. The van der Waals surface area contributed by atoms with Crippen molar-refractivity contribution < 1.29 is 4.79 Å². The van der Waals surface area contributed by atoms with Gasteiger partial charge in [-0.25, -0.2) is 10.4 Å². The van der Waals surface area contributed by atoms with Crippen LogP contribution in [0.2, 0.25) is 5.15 Å². The van der Waals surface area contributed by atoms with E-state index >= 15 is 0 Å². The summed E-state index contributed by atoms with van der Waals surface area (Å²) in [6, 6.07) is 7.43. The first-order chi connectivity index (χ1) is 10.7. The summed E-state index contributed by atoms with van der Waals surface area (Å²) in [5, 5.41) is 6.22. The summed E-state index contributed by atoms with van der Waals surface area (Å²) in [6.07, 6.45) is 4.29. The molecule has 0 aliphatic rings. The number of hydrogen-bond donors (Lipinski definition) is 1. The molecule has 3 aromatic rings. The van der Waals surface area contributed by atoms with Gasteiger partial charge in [-0.3, -0.25) is 9.20 Å². The van der Waals surface area contributed by atoms with Crippen LogP contribution in [0.25, 0.3) is 4.96 Å². The largest absolute Gasteiger partial charge is 0.288 e. The van der Waals surface area contributed by atoms with E-state index < -0.39 is 0 Å². The molecule has 112 valence electrons. The quantitative estimate of drug-likeness (QED) is 0.588. The predicted octanol–water partition coefficient (Wildman–Crippen LogP) is 3.38. The molecule has 1 N–H and O–H groups in total. The van der Waals surface area contributed by atoms with Gasteiger partial charge in [0, 0.05) is 17.1 Å². The van der Waals surface area contributed by atoms with Crippen LogP contribution in [0.15, 0.2) is 40.9 Å². The summed E-state index contributed by atoms with van der Waals surface area (Å²) >= 11 is 7.53. The maximum absolute atomic E-state index is 12.0. The lowest BCUT2D eigenvalue weighted by atomic mass is 10.1. The second-order valence-corrected chi connectivity index (χ2v) is 5.82. The fourth-order valence-corrected chi connectivity index (χ4v) is 2.99. The number of nitrogens with zero attached hydrogens (tertiary/aromatic N) is 3. The smallest absolute Gasteiger partial charge is 0.271 e. The molecule has 1 amide bonds. The Morgan fingerprint density at radius 3 is 2.95 bits per heavy atom. The zero-order valence-corrected chi connectivity index (χ0v) is 13.4. The third-order valence-corrected chi connectivity index (χ3v) is 4.27. The monoisotopic (exact) mass is 332 g/mol. The maximum atomic E-state index is 12.0. The molecule has 0 radical (unpaired) electrons. The molecule has 0 saturated heterocycles. The van der Waals surface area contributed by atoms with Crippen molar-refractivity contribution in [1.29, 1.82) is 0 Å². The zero-order chi connectivity index (χ0) is 15.5. The summed E-state index contributed by atoms with van der Waals surface area (Å²) in [5.41, 5.74) is 4.88. The van der Waals surface area contributed by atoms with Gasteiger partial charge in [0.2, 0.25) is 0 Å². The molecule has 0 bridgehead atoms. The lowest BCUT2D eigenvalue weighted by molar-refractivity contribution is 0.0955. The van der Waals surface area contributed by atoms with Gasteiger partial charge in [0.15, 0.2) is 10.1 Å². The molecule has 2 heterocycles. The molecular weight excluding hydrogens is 320 g/mol. The molecular formula is C15H13ClN4OS. The number of hydrazone groups is 1. The highest BCUT2D eigenvalue weighted by Gasteiger charge is 2.09. The standard InChI is InChI=1S/C15H13ClN4OS/c1-2-10-3-5-11(6-4-10)14(21)19-17-9-12-13(16)18-15-20(12)7-8-22-15/h3-9H,2H2,1H3,(H,19,21)/b17-9-. The van der Waals surface area contributed by atoms with Gasteiger partial charge < -0.3 is 0 Å². The molecule has 3 rings (SSSR count). The van der Waals surface area contributed by atoms with Crippen molar-refractivity contribution in [3.63, 3.8) is 0 Å². The van der Waals surface area contributed by atoms with Gasteiger partial charge in [0.25, 0.3) is 5.91 Å². The van der Waals surface area contributed by atoms with Crippen molar-refractivity contribution in [2.45, 2.75) is 13.3 Å². The molecule has 0 spiro atoms. The van der Waals surface area contributed by atoms with Crippen LogP contribution < -0.4 is 5.43 Å². The number of carbonyl (C=O) groups is 1. The number of aromatic nitrogens is 2. The van der Waals surface area contributed by atoms with Gasteiger partial charge >= 0.3 is 0 Å². The van der Waals surface area contributed by atoms with Crippen molar-refractivity contribution in [2.75, 3.05) is 0 Å². The average Bonchev–Trinajstić information content (AvgIpc) is 3.09. The van der Waals surface area contributed by atoms with Crippen LogP contribution in [0.5, 0.6) is 0 Å². The molecule has 1 aromatic carbocycles. The van der Waals surface area contributed by atoms with Crippen molar-refractivity contribution in [2.24, 2.45) is 5.10 Å². The Balaban J connectivity index is 1.72. The summed E-state index contributed by atoms with van der Waals surface area (Å²) in [6.45, 7) is 2.07. The molecule has 7 heteroatoms. The van der Waals surface area contributed by atoms with Crippen LogP contribution >= 0.6 is 22.9 Å². The molecule has 0 atom stereocenters. The third kappa shape index (κ3) is 2.88. The SMILES string of the molecule is CCc1ccc(C(=O)N/N=C\c2c(Cl)nc3sccn23)cc1. The van der Waals surface area contributed by atoms with E-state index in [2.05, 4.69) is 22.4 Å². The number of carbonyl (C=O) groups excluding carboxylic acids is 1. The van der Waals surface area contributed by atoms with E-state index in [1.165, 1.54) is 23.1 Å². The van der Waals surface area contributed by atoms with E-state index in [-0.39, 0.29) is 5.91 Å². The molecule has 0 aliphatic heterocycles. The lowest BCUT2D eigenvalue weighted by Gasteiger charge is -2.01. The van der Waals surface area contributed by atoms with Crippen LogP contribution in [-0.2, 0) is 6.42 Å². The number of imidazole rings is 1. The number of halogens is 1. The van der Waals surface area contributed by atoms with Gasteiger partial charge in [-0.2, -0.15) is 5.10 Å². The normalized spacial score (nSPS) is 11.4. The number of rotatable bonds is 4. The van der Waals surface area contributed by atoms with Gasteiger partial charge in [0.05, 0.1) is 6.21 Å². The van der Waals surface area contributed by atoms with Gasteiger partial charge in [-0.05, 0) is 24.1 Å². The van der Waals surface area contributed by atoms with E-state index in [0.717, 1.165) is 11.4 Å². The van der Waals surface area contributed by atoms with Crippen LogP contribution in [0.3, 0.4) is 0 Å². The van der Waals surface area contributed by atoms with E-state index in [1.54, 1.807) is 12.1 Å². The highest BCUT2D eigenvalue weighted by atomic mass is 35.5. The Labute approximate surface area is 136 Å². The number of aryl methyl sites for hydroxylation is 1. The Morgan fingerprint density at radius 1 is 1.45 bits per heavy atom. The van der Waals surface area contributed by atoms with E-state index in [0.29, 0.717) is 16.4 Å². The molecule has 5 nitrogen and oxygen atoms in total. The van der Waals surface area contributed by atoms with Crippen molar-refractivity contribution >= 4 is 40.0 Å². The minimum absolute atomic E-state index is 0.263. The van der Waals surface area contributed by atoms with Crippen molar-refractivity contribution in [1.82, 2.24) is 14.8 Å². The number of nitrogens with one attached hydrogen (secondary N) is 1. The molecule has 0 saturated carbocycles. The number of fused-ring (bicyclic) bond motifs is 1. The molecule has 0 aliphatic carbocycles. The number of amides is 1. The zero-order valence-electron chi connectivity index (χ0n) is 11.8. The van der Waals surface area contributed by atoms with Gasteiger partial charge in [-0.1, -0.05) is 30.7 Å². The van der Waals surface area contributed by atoms with Crippen LogP contribution in [0.1, 0.15) is 28.5 Å². The molecule has 22 heavy (non-hydrogen) atoms. The number of thiazole rings is 1. The van der Waals surface area contributed by atoms with Crippen LogP contribution in [0.4, 0.5) is 0 Å². The summed E-state index contributed by atoms with van der Waals surface area (Å²) in [4.78, 5) is 17.0. The first-order valence-electron chi connectivity index (χ1n) is 6.72. The summed E-state index contributed by atoms with van der Waals surface area (Å²) in [5.74, 6) is -0.263. The Kier molecular flexibility index (Phi) is 4.22. The van der Waals surface area contributed by atoms with E-state index in [1.807, 2.05) is 28.1 Å². The molecule has 0 fully saturated rings. The fourth-order valence-electron chi connectivity index (χ4n) is 2.00. The second kappa shape index (κ2) is 6.29. The highest BCUT2D eigenvalue weighted by molar-refractivity contribution is 7.15. The second-order valence-electron chi connectivity index (χ2n) is 4.59. The Hall–Kier alpha value is -2.18. The van der Waals surface area contributed by atoms with Crippen molar-refractivity contribution in [3.05, 3.63) is 57.8 Å². The summed E-state index contributed by atoms with van der Waals surface area (Å²) in [7, 11) is 0. The lowest BCUT2D eigenvalue weighted by Crippen LogP contribution is -2.17. The first-order valence-corrected chi connectivity index (χ1v) is 7.98. The highest BCUT2D eigenvalue weighted by Crippen LogP contribution is 2.19. The van der Waals surface area contributed by atoms with Crippen molar-refractivity contribution in [3.8, 4) is 0 Å². The maximum Gasteiger partial charge on any atom is 0.271 e. The number of hydrogen-bond acceptors (Lipinski definition) is 4. The van der Waals surface area contributed by atoms with Gasteiger partial charge in [0.1, 0.15) is 5.69 Å².